The number of aryl methyl sites for hydroxylation is 1. The van der Waals surface area contributed by atoms with Gasteiger partial charge in [0.1, 0.15) is 6.54 Å². The lowest BCUT2D eigenvalue weighted by atomic mass is 9.96. The minimum absolute atomic E-state index is 0.00572. The van der Waals surface area contributed by atoms with E-state index in [9.17, 15) is 9.90 Å². The highest BCUT2D eigenvalue weighted by Gasteiger charge is 2.22. The molecule has 0 aliphatic carbocycles. The molecule has 1 fully saturated rings. The van der Waals surface area contributed by atoms with Gasteiger partial charge in [-0.1, -0.05) is 0 Å². The van der Waals surface area contributed by atoms with E-state index in [4.69, 9.17) is 0 Å². The van der Waals surface area contributed by atoms with Gasteiger partial charge in [-0.05, 0) is 44.5 Å². The lowest BCUT2D eigenvalue weighted by Crippen LogP contribution is -2.36. The first-order valence-corrected chi connectivity index (χ1v) is 9.65. The Balaban J connectivity index is 1.67. The van der Waals surface area contributed by atoms with Crippen molar-refractivity contribution >= 4 is 17.2 Å². The molecule has 1 aliphatic heterocycles. The maximum atomic E-state index is 12.8. The van der Waals surface area contributed by atoms with E-state index in [1.807, 2.05) is 16.8 Å². The van der Waals surface area contributed by atoms with Gasteiger partial charge in [-0.25, -0.2) is 0 Å². The van der Waals surface area contributed by atoms with Gasteiger partial charge in [-0.2, -0.15) is 5.10 Å². The number of rotatable bonds is 7. The van der Waals surface area contributed by atoms with Crippen molar-refractivity contribution in [3.8, 4) is 0 Å². The van der Waals surface area contributed by atoms with Crippen LogP contribution < -0.4 is 5.32 Å². The molecule has 2 aromatic heterocycles. The van der Waals surface area contributed by atoms with Crippen LogP contribution in [-0.4, -0.2) is 51.9 Å². The summed E-state index contributed by atoms with van der Waals surface area (Å²) in [6.07, 6.45) is 4.05. The number of hydrogen-bond donors (Lipinski definition) is 2. The molecule has 3 heterocycles. The quantitative estimate of drug-likeness (QED) is 0.787. The van der Waals surface area contributed by atoms with Crippen molar-refractivity contribution in [3.63, 3.8) is 0 Å². The summed E-state index contributed by atoms with van der Waals surface area (Å²) >= 11 is 1.69. The molecule has 0 radical (unpaired) electrons. The predicted molar refractivity (Wildman–Crippen MR) is 98.6 cm³/mol. The fourth-order valence-corrected chi connectivity index (χ4v) is 4.23. The van der Waals surface area contributed by atoms with Gasteiger partial charge in [-0.3, -0.25) is 9.48 Å². The largest absolute Gasteiger partial charge is 0.395 e. The van der Waals surface area contributed by atoms with E-state index in [1.165, 1.54) is 4.88 Å². The summed E-state index contributed by atoms with van der Waals surface area (Å²) in [6, 6.07) is 6.12. The van der Waals surface area contributed by atoms with Crippen molar-refractivity contribution in [2.45, 2.75) is 38.8 Å². The van der Waals surface area contributed by atoms with E-state index in [0.717, 1.165) is 36.5 Å². The van der Waals surface area contributed by atoms with Crippen LogP contribution >= 0.6 is 11.3 Å². The Labute approximate surface area is 152 Å². The monoisotopic (exact) mass is 362 g/mol. The Bertz CT molecular complexity index is 691. The van der Waals surface area contributed by atoms with Crippen molar-refractivity contribution in [1.29, 1.82) is 0 Å². The zero-order valence-electron chi connectivity index (χ0n) is 14.6. The molecule has 0 bridgehead atoms. The number of aliphatic hydroxyl groups is 1. The van der Waals surface area contributed by atoms with Crippen LogP contribution in [0.25, 0.3) is 0 Å². The van der Waals surface area contributed by atoms with Gasteiger partial charge < -0.3 is 15.3 Å². The molecule has 1 amide bonds. The summed E-state index contributed by atoms with van der Waals surface area (Å²) in [7, 11) is 0. The molecule has 0 saturated carbocycles. The van der Waals surface area contributed by atoms with Gasteiger partial charge >= 0.3 is 0 Å². The fourth-order valence-electron chi connectivity index (χ4n) is 3.33. The van der Waals surface area contributed by atoms with Crippen LogP contribution in [0.15, 0.2) is 24.4 Å². The standard InChI is InChI=1S/C18H26N4O2S/c1-14-4-5-16(25-14)12-21(9-10-23)18(24)13-22-17(6-8-20-22)15-3-2-7-19-11-15/h4-6,8,15,19,23H,2-3,7,9-13H2,1H3. The SMILES string of the molecule is Cc1ccc(CN(CCO)C(=O)Cn2nccc2C2CCCNC2)s1. The topological polar surface area (TPSA) is 70.4 Å². The summed E-state index contributed by atoms with van der Waals surface area (Å²) in [5.74, 6) is 0.407. The molecule has 136 valence electrons. The molecule has 2 aromatic rings. The Kier molecular flexibility index (Phi) is 6.23. The predicted octanol–water partition coefficient (Wildman–Crippen LogP) is 1.74. The van der Waals surface area contributed by atoms with E-state index in [0.29, 0.717) is 19.0 Å². The molecule has 0 aromatic carbocycles. The van der Waals surface area contributed by atoms with Crippen LogP contribution in [0, 0.1) is 6.92 Å². The van der Waals surface area contributed by atoms with E-state index < -0.39 is 0 Å². The second kappa shape index (κ2) is 8.60. The zero-order chi connectivity index (χ0) is 17.6. The number of thiophene rings is 1. The average Bonchev–Trinajstić information content (AvgIpc) is 3.24. The van der Waals surface area contributed by atoms with Crippen LogP contribution in [0.4, 0.5) is 0 Å². The first-order chi connectivity index (χ1) is 12.2. The van der Waals surface area contributed by atoms with E-state index in [-0.39, 0.29) is 19.1 Å². The molecular weight excluding hydrogens is 336 g/mol. The summed E-state index contributed by atoms with van der Waals surface area (Å²) in [5, 5.41) is 17.1. The number of piperidine rings is 1. The van der Waals surface area contributed by atoms with E-state index in [2.05, 4.69) is 23.4 Å². The van der Waals surface area contributed by atoms with Crippen molar-refractivity contribution in [2.75, 3.05) is 26.2 Å². The number of carbonyl (C=O) groups is 1. The highest BCUT2D eigenvalue weighted by Crippen LogP contribution is 2.23. The lowest BCUT2D eigenvalue weighted by molar-refractivity contribution is -0.133. The van der Waals surface area contributed by atoms with Gasteiger partial charge in [0.2, 0.25) is 5.91 Å². The number of aromatic nitrogens is 2. The summed E-state index contributed by atoms with van der Waals surface area (Å²) in [6.45, 7) is 5.14. The van der Waals surface area contributed by atoms with Gasteiger partial charge in [0.05, 0.1) is 13.2 Å². The van der Waals surface area contributed by atoms with Crippen molar-refractivity contribution < 1.29 is 9.90 Å². The summed E-state index contributed by atoms with van der Waals surface area (Å²) in [4.78, 5) is 16.9. The lowest BCUT2D eigenvalue weighted by Gasteiger charge is -2.25. The Morgan fingerprint density at radius 1 is 1.48 bits per heavy atom. The molecule has 6 nitrogen and oxygen atoms in total. The number of nitrogens with zero attached hydrogens (tertiary/aromatic N) is 3. The highest BCUT2D eigenvalue weighted by molar-refractivity contribution is 7.11. The maximum absolute atomic E-state index is 12.8. The molecule has 25 heavy (non-hydrogen) atoms. The average molecular weight is 362 g/mol. The Morgan fingerprint density at radius 3 is 3.04 bits per heavy atom. The normalized spacial score (nSPS) is 17.6. The van der Waals surface area contributed by atoms with Crippen LogP contribution in [0.5, 0.6) is 0 Å². The van der Waals surface area contributed by atoms with Crippen molar-refractivity contribution in [3.05, 3.63) is 39.8 Å². The molecule has 1 unspecified atom stereocenters. The number of hydrogen-bond acceptors (Lipinski definition) is 5. The molecule has 1 aliphatic rings. The van der Waals surface area contributed by atoms with Crippen molar-refractivity contribution in [1.82, 2.24) is 20.0 Å². The van der Waals surface area contributed by atoms with Crippen LogP contribution in [0.1, 0.15) is 34.2 Å². The van der Waals surface area contributed by atoms with Gasteiger partial charge in [0.25, 0.3) is 0 Å². The van der Waals surface area contributed by atoms with Crippen LogP contribution in [0.2, 0.25) is 0 Å². The summed E-state index contributed by atoms with van der Waals surface area (Å²) < 4.78 is 1.82. The zero-order valence-corrected chi connectivity index (χ0v) is 15.5. The second-order valence-corrected chi connectivity index (χ2v) is 7.88. The summed E-state index contributed by atoms with van der Waals surface area (Å²) in [5.41, 5.74) is 1.12. The van der Waals surface area contributed by atoms with Crippen LogP contribution in [0.3, 0.4) is 0 Å². The second-order valence-electron chi connectivity index (χ2n) is 6.51. The van der Waals surface area contributed by atoms with Gasteiger partial charge in [0.15, 0.2) is 0 Å². The number of amides is 1. The number of carbonyl (C=O) groups excluding carboxylic acids is 1. The molecular formula is C18H26N4O2S. The number of aliphatic hydroxyl groups excluding tert-OH is 1. The molecule has 3 rings (SSSR count). The van der Waals surface area contributed by atoms with Gasteiger partial charge in [-0.15, -0.1) is 11.3 Å². The smallest absolute Gasteiger partial charge is 0.244 e. The third kappa shape index (κ3) is 4.68. The van der Waals surface area contributed by atoms with E-state index in [1.54, 1.807) is 22.4 Å². The molecule has 7 heteroatoms. The molecule has 0 spiro atoms. The first-order valence-electron chi connectivity index (χ1n) is 8.83. The van der Waals surface area contributed by atoms with Gasteiger partial charge in [0, 0.05) is 40.7 Å². The third-order valence-electron chi connectivity index (χ3n) is 4.61. The third-order valence-corrected chi connectivity index (χ3v) is 5.60. The Morgan fingerprint density at radius 2 is 2.36 bits per heavy atom. The molecule has 2 N–H and O–H groups in total. The molecule has 1 saturated heterocycles. The fraction of sp³-hybridized carbons (Fsp3) is 0.556. The number of nitrogens with one attached hydrogen (secondary N) is 1. The molecule has 1 atom stereocenters. The van der Waals surface area contributed by atoms with Crippen molar-refractivity contribution in [2.24, 2.45) is 0 Å². The van der Waals surface area contributed by atoms with Crippen LogP contribution in [-0.2, 0) is 17.9 Å². The van der Waals surface area contributed by atoms with E-state index >= 15 is 0 Å². The highest BCUT2D eigenvalue weighted by atomic mass is 32.1. The first kappa shape index (κ1) is 18.1. The maximum Gasteiger partial charge on any atom is 0.244 e. The Hall–Kier alpha value is -1.70. The minimum Gasteiger partial charge on any atom is -0.395 e. The minimum atomic E-state index is -0.0331.